The molecule has 0 bridgehead atoms. The van der Waals surface area contributed by atoms with Gasteiger partial charge in [0.25, 0.3) is 0 Å². The molecule has 1 unspecified atom stereocenters. The molecule has 1 aliphatic rings. The lowest BCUT2D eigenvalue weighted by molar-refractivity contribution is 0.211. The summed E-state index contributed by atoms with van der Waals surface area (Å²) in [6.45, 7) is 9.18. The molecule has 1 N–H and O–H groups in total. The summed E-state index contributed by atoms with van der Waals surface area (Å²) in [6.07, 6.45) is 3.11. The Morgan fingerprint density at radius 2 is 2.12 bits per heavy atom. The molecule has 4 heteroatoms. The molecule has 0 aliphatic carbocycles. The van der Waals surface area contributed by atoms with Crippen LogP contribution in [0.3, 0.4) is 0 Å². The van der Waals surface area contributed by atoms with Gasteiger partial charge in [0.05, 0.1) is 5.54 Å². The van der Waals surface area contributed by atoms with Gasteiger partial charge in [0.1, 0.15) is 5.01 Å². The predicted octanol–water partition coefficient (Wildman–Crippen LogP) is 3.50. The zero-order chi connectivity index (χ0) is 12.5. The summed E-state index contributed by atoms with van der Waals surface area (Å²) < 4.78 is 0. The van der Waals surface area contributed by atoms with Crippen molar-refractivity contribution >= 4 is 23.1 Å². The van der Waals surface area contributed by atoms with Crippen LogP contribution in [-0.2, 0) is 5.54 Å². The molecular weight excluding hydrogens is 248 g/mol. The Morgan fingerprint density at radius 1 is 1.35 bits per heavy atom. The van der Waals surface area contributed by atoms with Crippen molar-refractivity contribution in [3.05, 3.63) is 16.6 Å². The van der Waals surface area contributed by atoms with Crippen LogP contribution >= 0.6 is 23.1 Å². The van der Waals surface area contributed by atoms with Crippen LogP contribution in [0.25, 0.3) is 0 Å². The van der Waals surface area contributed by atoms with Crippen molar-refractivity contribution < 1.29 is 0 Å². The first-order valence-corrected chi connectivity index (χ1v) is 8.22. The zero-order valence-electron chi connectivity index (χ0n) is 11.1. The van der Waals surface area contributed by atoms with Crippen LogP contribution in [0.2, 0.25) is 0 Å². The highest BCUT2D eigenvalue weighted by atomic mass is 32.2. The molecule has 1 atom stereocenters. The lowest BCUT2D eigenvalue weighted by Crippen LogP contribution is -2.53. The fourth-order valence-electron chi connectivity index (χ4n) is 2.72. The van der Waals surface area contributed by atoms with Gasteiger partial charge in [0.2, 0.25) is 0 Å². The second-order valence-corrected chi connectivity index (χ2v) is 7.93. The van der Waals surface area contributed by atoms with Gasteiger partial charge >= 0.3 is 0 Å². The summed E-state index contributed by atoms with van der Waals surface area (Å²) in [6, 6.07) is 0.494. The third-order valence-electron chi connectivity index (χ3n) is 3.03. The molecule has 2 nitrogen and oxygen atoms in total. The standard InChI is InChI=1S/C13H22N2S2/c1-10(2)15-13(11-14-5-6-17-11)7-12(3,4)8-16-9-13/h5-6,10,15H,7-9H2,1-4H3. The molecule has 1 fully saturated rings. The second kappa shape index (κ2) is 4.90. The minimum Gasteiger partial charge on any atom is -0.302 e. The number of hydrogen-bond acceptors (Lipinski definition) is 4. The van der Waals surface area contributed by atoms with E-state index >= 15 is 0 Å². The number of nitrogens with zero attached hydrogens (tertiary/aromatic N) is 1. The highest BCUT2D eigenvalue weighted by Crippen LogP contribution is 2.45. The van der Waals surface area contributed by atoms with Gasteiger partial charge in [0, 0.05) is 23.4 Å². The molecule has 1 aliphatic heterocycles. The Balaban J connectivity index is 2.30. The zero-order valence-corrected chi connectivity index (χ0v) is 12.8. The summed E-state index contributed by atoms with van der Waals surface area (Å²) in [4.78, 5) is 4.57. The summed E-state index contributed by atoms with van der Waals surface area (Å²) in [5.41, 5.74) is 0.464. The number of thioether (sulfide) groups is 1. The Bertz CT molecular complexity index is 360. The Kier molecular flexibility index (Phi) is 3.86. The number of thiazole rings is 1. The van der Waals surface area contributed by atoms with E-state index < -0.39 is 0 Å². The van der Waals surface area contributed by atoms with E-state index in [1.807, 2.05) is 6.20 Å². The first-order chi connectivity index (χ1) is 7.94. The third-order valence-corrected chi connectivity index (χ3v) is 5.69. The molecule has 0 radical (unpaired) electrons. The summed E-state index contributed by atoms with van der Waals surface area (Å²) in [5.74, 6) is 2.39. The van der Waals surface area contributed by atoms with Gasteiger partial charge < -0.3 is 5.32 Å². The fourth-order valence-corrected chi connectivity index (χ4v) is 5.04. The minimum absolute atomic E-state index is 0.0781. The van der Waals surface area contributed by atoms with E-state index in [1.165, 1.54) is 17.2 Å². The highest BCUT2D eigenvalue weighted by Gasteiger charge is 2.43. The number of aromatic nitrogens is 1. The smallest absolute Gasteiger partial charge is 0.114 e. The molecule has 1 saturated heterocycles. The Hall–Kier alpha value is -0.0600. The van der Waals surface area contributed by atoms with Crippen molar-refractivity contribution in [2.75, 3.05) is 11.5 Å². The van der Waals surface area contributed by atoms with Crippen LogP contribution in [0.15, 0.2) is 11.6 Å². The summed E-state index contributed by atoms with van der Waals surface area (Å²) >= 11 is 3.84. The maximum absolute atomic E-state index is 4.57. The van der Waals surface area contributed by atoms with E-state index in [0.717, 1.165) is 5.75 Å². The maximum Gasteiger partial charge on any atom is 0.114 e. The van der Waals surface area contributed by atoms with E-state index in [2.05, 4.69) is 55.1 Å². The molecule has 1 aromatic rings. The van der Waals surface area contributed by atoms with Gasteiger partial charge in [-0.15, -0.1) is 11.3 Å². The number of hydrogen-bond donors (Lipinski definition) is 1. The molecule has 17 heavy (non-hydrogen) atoms. The van der Waals surface area contributed by atoms with Crippen molar-refractivity contribution in [1.29, 1.82) is 0 Å². The lowest BCUT2D eigenvalue weighted by Gasteiger charge is -2.45. The highest BCUT2D eigenvalue weighted by molar-refractivity contribution is 7.99. The molecule has 0 aromatic carbocycles. The molecule has 0 spiro atoms. The monoisotopic (exact) mass is 270 g/mol. The molecular formula is C13H22N2S2. The number of nitrogens with one attached hydrogen (secondary N) is 1. The van der Waals surface area contributed by atoms with Gasteiger partial charge in [-0.05, 0) is 31.4 Å². The SMILES string of the molecule is CC(C)NC1(c2nccs2)CSCC(C)(C)C1. The third kappa shape index (κ3) is 3.04. The van der Waals surface area contributed by atoms with E-state index in [4.69, 9.17) is 0 Å². The molecule has 96 valence electrons. The van der Waals surface area contributed by atoms with E-state index in [1.54, 1.807) is 11.3 Å². The Labute approximate surface area is 113 Å². The molecule has 1 aromatic heterocycles. The van der Waals surface area contributed by atoms with Crippen LogP contribution < -0.4 is 5.32 Å². The molecule has 2 heterocycles. The van der Waals surface area contributed by atoms with E-state index in [9.17, 15) is 0 Å². The largest absolute Gasteiger partial charge is 0.302 e. The second-order valence-electron chi connectivity index (χ2n) is 6.05. The topological polar surface area (TPSA) is 24.9 Å². The maximum atomic E-state index is 4.57. The van der Waals surface area contributed by atoms with Crippen molar-refractivity contribution in [3.63, 3.8) is 0 Å². The van der Waals surface area contributed by atoms with Crippen molar-refractivity contribution in [3.8, 4) is 0 Å². The van der Waals surface area contributed by atoms with Crippen molar-refractivity contribution in [1.82, 2.24) is 10.3 Å². The first-order valence-electron chi connectivity index (χ1n) is 6.19. The van der Waals surface area contributed by atoms with Crippen molar-refractivity contribution in [2.45, 2.75) is 45.7 Å². The Morgan fingerprint density at radius 3 is 2.65 bits per heavy atom. The first kappa shape index (κ1) is 13.4. The normalized spacial score (nSPS) is 28.5. The average Bonchev–Trinajstić information content (AvgIpc) is 2.67. The van der Waals surface area contributed by atoms with Gasteiger partial charge in [-0.25, -0.2) is 4.98 Å². The lowest BCUT2D eigenvalue weighted by atomic mass is 9.79. The van der Waals surface area contributed by atoms with Crippen LogP contribution in [0, 0.1) is 5.41 Å². The minimum atomic E-state index is 0.0781. The van der Waals surface area contributed by atoms with E-state index in [0.29, 0.717) is 11.5 Å². The van der Waals surface area contributed by atoms with Crippen LogP contribution in [0.4, 0.5) is 0 Å². The molecule has 2 rings (SSSR count). The van der Waals surface area contributed by atoms with Gasteiger partial charge in [0.15, 0.2) is 0 Å². The van der Waals surface area contributed by atoms with Gasteiger partial charge in [-0.3, -0.25) is 0 Å². The van der Waals surface area contributed by atoms with Crippen LogP contribution in [-0.4, -0.2) is 22.5 Å². The van der Waals surface area contributed by atoms with Crippen molar-refractivity contribution in [2.24, 2.45) is 5.41 Å². The molecule has 0 amide bonds. The fraction of sp³-hybridized carbons (Fsp3) is 0.769. The average molecular weight is 270 g/mol. The van der Waals surface area contributed by atoms with Crippen LogP contribution in [0.1, 0.15) is 39.1 Å². The predicted molar refractivity (Wildman–Crippen MR) is 77.8 cm³/mol. The molecule has 0 saturated carbocycles. The van der Waals surface area contributed by atoms with Gasteiger partial charge in [-0.1, -0.05) is 13.8 Å². The number of rotatable bonds is 3. The van der Waals surface area contributed by atoms with Crippen LogP contribution in [0.5, 0.6) is 0 Å². The summed E-state index contributed by atoms with van der Waals surface area (Å²) in [7, 11) is 0. The van der Waals surface area contributed by atoms with Gasteiger partial charge in [-0.2, -0.15) is 11.8 Å². The quantitative estimate of drug-likeness (QED) is 0.910. The van der Waals surface area contributed by atoms with E-state index in [-0.39, 0.29) is 5.54 Å². The summed E-state index contributed by atoms with van der Waals surface area (Å²) in [5, 5.41) is 7.12.